The second kappa shape index (κ2) is 6.86. The van der Waals surface area contributed by atoms with Gasteiger partial charge in [-0.3, -0.25) is 19.4 Å². The number of aryl methyl sites for hydroxylation is 1. The normalized spacial score (nSPS) is 10.5. The predicted molar refractivity (Wildman–Crippen MR) is 86.1 cm³/mol. The predicted octanol–water partition coefficient (Wildman–Crippen LogP) is 0.747. The van der Waals surface area contributed by atoms with Crippen LogP contribution < -0.4 is 5.32 Å². The summed E-state index contributed by atoms with van der Waals surface area (Å²) in [4.78, 5) is 28.1. The first kappa shape index (κ1) is 15.6. The Bertz CT molecular complexity index is 852. The van der Waals surface area contributed by atoms with E-state index >= 15 is 0 Å². The summed E-state index contributed by atoms with van der Waals surface area (Å²) < 4.78 is 1.47. The number of aromatic nitrogens is 5. The maximum absolute atomic E-state index is 11.9. The molecule has 2 heterocycles. The number of ketones is 1. The van der Waals surface area contributed by atoms with Crippen LogP contribution in [0.25, 0.3) is 11.4 Å². The van der Waals surface area contributed by atoms with E-state index in [9.17, 15) is 9.59 Å². The van der Waals surface area contributed by atoms with Gasteiger partial charge < -0.3 is 5.32 Å². The molecule has 8 nitrogen and oxygen atoms in total. The van der Waals surface area contributed by atoms with Gasteiger partial charge in [0.1, 0.15) is 5.82 Å². The van der Waals surface area contributed by atoms with Crippen molar-refractivity contribution in [1.82, 2.24) is 30.3 Å². The molecule has 2 N–H and O–H groups in total. The van der Waals surface area contributed by atoms with Crippen LogP contribution >= 0.6 is 0 Å². The van der Waals surface area contributed by atoms with Gasteiger partial charge in [-0.1, -0.05) is 30.3 Å². The Morgan fingerprint density at radius 3 is 2.75 bits per heavy atom. The number of Topliss-reactive ketones (excluding diaryl/α,β-unsaturated/α-hetero) is 1. The van der Waals surface area contributed by atoms with Crippen LogP contribution in [0.5, 0.6) is 0 Å². The zero-order valence-electron chi connectivity index (χ0n) is 13.1. The molecule has 8 heteroatoms. The number of hydrogen-bond acceptors (Lipinski definition) is 5. The summed E-state index contributed by atoms with van der Waals surface area (Å²) in [6, 6.07) is 9.58. The maximum atomic E-state index is 11.9. The highest BCUT2D eigenvalue weighted by atomic mass is 16.2. The van der Waals surface area contributed by atoms with Crippen LogP contribution in [0.2, 0.25) is 0 Å². The lowest BCUT2D eigenvalue weighted by Crippen LogP contribution is -2.32. The standard InChI is InChI=1S/C16H16N6O2/c1-22-10-12(9-18-22)14(23)16(24)17-8-7-13-19-15(21-20-13)11-5-3-2-4-6-11/h2-6,9-10H,7-8H2,1H3,(H,17,24)(H,19,20,21). The van der Waals surface area contributed by atoms with Gasteiger partial charge in [0.05, 0.1) is 11.8 Å². The van der Waals surface area contributed by atoms with Gasteiger partial charge in [-0.15, -0.1) is 0 Å². The quantitative estimate of drug-likeness (QED) is 0.514. The molecule has 1 amide bonds. The molecule has 0 aliphatic rings. The molecular formula is C16H16N6O2. The zero-order chi connectivity index (χ0) is 16.9. The molecule has 0 fully saturated rings. The molecule has 0 bridgehead atoms. The first-order chi connectivity index (χ1) is 11.6. The molecule has 0 spiro atoms. The molecule has 0 saturated heterocycles. The lowest BCUT2D eigenvalue weighted by atomic mass is 10.2. The first-order valence-corrected chi connectivity index (χ1v) is 7.41. The van der Waals surface area contributed by atoms with Crippen LogP contribution in [-0.2, 0) is 18.3 Å². The Kier molecular flexibility index (Phi) is 4.46. The molecule has 0 radical (unpaired) electrons. The monoisotopic (exact) mass is 324 g/mol. The summed E-state index contributed by atoms with van der Waals surface area (Å²) >= 11 is 0. The van der Waals surface area contributed by atoms with Gasteiger partial charge in [0.15, 0.2) is 5.82 Å². The highest BCUT2D eigenvalue weighted by molar-refractivity contribution is 6.42. The molecule has 0 aliphatic heterocycles. The number of carbonyl (C=O) groups excluding carboxylic acids is 2. The smallest absolute Gasteiger partial charge is 0.292 e. The molecule has 3 aromatic rings. The van der Waals surface area contributed by atoms with Crippen LogP contribution in [0.15, 0.2) is 42.7 Å². The van der Waals surface area contributed by atoms with E-state index in [4.69, 9.17) is 0 Å². The minimum atomic E-state index is -0.661. The van der Waals surface area contributed by atoms with E-state index in [2.05, 4.69) is 25.6 Å². The largest absolute Gasteiger partial charge is 0.349 e. The fraction of sp³-hybridized carbons (Fsp3) is 0.188. The Labute approximate surface area is 137 Å². The van der Waals surface area contributed by atoms with Crippen molar-refractivity contribution < 1.29 is 9.59 Å². The summed E-state index contributed by atoms with van der Waals surface area (Å²) in [7, 11) is 1.68. The number of aromatic amines is 1. The molecule has 3 rings (SSSR count). The van der Waals surface area contributed by atoms with E-state index < -0.39 is 11.7 Å². The van der Waals surface area contributed by atoms with Crippen molar-refractivity contribution in [3.8, 4) is 11.4 Å². The number of hydrogen-bond donors (Lipinski definition) is 2. The molecule has 0 saturated carbocycles. The molecule has 24 heavy (non-hydrogen) atoms. The van der Waals surface area contributed by atoms with Gasteiger partial charge in [0.2, 0.25) is 0 Å². The number of carbonyl (C=O) groups is 2. The van der Waals surface area contributed by atoms with Crippen molar-refractivity contribution in [2.45, 2.75) is 6.42 Å². The minimum absolute atomic E-state index is 0.265. The summed E-state index contributed by atoms with van der Waals surface area (Å²) in [5.74, 6) is -0.0252. The second-order valence-electron chi connectivity index (χ2n) is 5.21. The number of rotatable bonds is 6. The van der Waals surface area contributed by atoms with E-state index in [-0.39, 0.29) is 12.1 Å². The second-order valence-corrected chi connectivity index (χ2v) is 5.21. The van der Waals surface area contributed by atoms with E-state index in [1.807, 2.05) is 30.3 Å². The Morgan fingerprint density at radius 1 is 1.25 bits per heavy atom. The van der Waals surface area contributed by atoms with Crippen molar-refractivity contribution in [3.63, 3.8) is 0 Å². The van der Waals surface area contributed by atoms with Crippen LogP contribution in [-0.4, -0.2) is 43.2 Å². The van der Waals surface area contributed by atoms with E-state index in [0.29, 0.717) is 18.1 Å². The Morgan fingerprint density at radius 2 is 2.04 bits per heavy atom. The minimum Gasteiger partial charge on any atom is -0.349 e. The van der Waals surface area contributed by atoms with E-state index in [0.717, 1.165) is 5.56 Å². The first-order valence-electron chi connectivity index (χ1n) is 7.41. The third kappa shape index (κ3) is 3.54. The molecule has 0 atom stereocenters. The molecule has 122 valence electrons. The van der Waals surface area contributed by atoms with Gasteiger partial charge in [-0.25, -0.2) is 4.98 Å². The highest BCUT2D eigenvalue weighted by Gasteiger charge is 2.17. The molecule has 0 unspecified atom stereocenters. The van der Waals surface area contributed by atoms with Crippen LogP contribution in [0.1, 0.15) is 16.2 Å². The average Bonchev–Trinajstić information content (AvgIpc) is 3.24. The SMILES string of the molecule is Cn1cc(C(=O)C(=O)NCCc2nc(-c3ccccc3)n[nH]2)cn1. The Hall–Kier alpha value is -3.29. The lowest BCUT2D eigenvalue weighted by molar-refractivity contribution is -0.116. The third-order valence-electron chi connectivity index (χ3n) is 3.38. The molecule has 2 aromatic heterocycles. The topological polar surface area (TPSA) is 106 Å². The van der Waals surface area contributed by atoms with Crippen LogP contribution in [0.3, 0.4) is 0 Å². The molecule has 0 aliphatic carbocycles. The van der Waals surface area contributed by atoms with Crippen molar-refractivity contribution in [2.24, 2.45) is 7.05 Å². The summed E-state index contributed by atoms with van der Waals surface area (Å²) in [6.07, 6.45) is 3.32. The van der Waals surface area contributed by atoms with Crippen molar-refractivity contribution in [3.05, 3.63) is 54.1 Å². The van der Waals surface area contributed by atoms with Gasteiger partial charge in [0, 0.05) is 31.8 Å². The lowest BCUT2D eigenvalue weighted by Gasteiger charge is -2.01. The Balaban J connectivity index is 1.52. The van der Waals surface area contributed by atoms with E-state index in [1.54, 1.807) is 7.05 Å². The summed E-state index contributed by atoms with van der Waals surface area (Å²) in [5, 5.41) is 13.4. The number of nitrogens with zero attached hydrogens (tertiary/aromatic N) is 4. The third-order valence-corrected chi connectivity index (χ3v) is 3.38. The number of benzene rings is 1. The number of amides is 1. The van der Waals surface area contributed by atoms with E-state index in [1.165, 1.54) is 17.1 Å². The van der Waals surface area contributed by atoms with Crippen LogP contribution in [0.4, 0.5) is 0 Å². The van der Waals surface area contributed by atoms with Gasteiger partial charge in [0.25, 0.3) is 11.7 Å². The summed E-state index contributed by atoms with van der Waals surface area (Å²) in [5.41, 5.74) is 1.18. The highest BCUT2D eigenvalue weighted by Crippen LogP contribution is 2.13. The number of H-pyrrole nitrogens is 1. The fourth-order valence-electron chi connectivity index (χ4n) is 2.17. The number of nitrogens with one attached hydrogen (secondary N) is 2. The van der Waals surface area contributed by atoms with Gasteiger partial charge in [-0.2, -0.15) is 10.2 Å². The van der Waals surface area contributed by atoms with Gasteiger partial charge >= 0.3 is 0 Å². The van der Waals surface area contributed by atoms with Gasteiger partial charge in [-0.05, 0) is 0 Å². The zero-order valence-corrected chi connectivity index (χ0v) is 13.1. The average molecular weight is 324 g/mol. The molecule has 1 aromatic carbocycles. The fourth-order valence-corrected chi connectivity index (χ4v) is 2.17. The van der Waals surface area contributed by atoms with Crippen molar-refractivity contribution in [2.75, 3.05) is 6.54 Å². The van der Waals surface area contributed by atoms with Crippen LogP contribution in [0, 0.1) is 0 Å². The molecular weight excluding hydrogens is 308 g/mol. The summed E-state index contributed by atoms with van der Waals surface area (Å²) in [6.45, 7) is 0.286. The van der Waals surface area contributed by atoms with Crippen molar-refractivity contribution in [1.29, 1.82) is 0 Å². The maximum Gasteiger partial charge on any atom is 0.292 e. The van der Waals surface area contributed by atoms with Crippen molar-refractivity contribution >= 4 is 11.7 Å².